The highest BCUT2D eigenvalue weighted by molar-refractivity contribution is 7.11. The highest BCUT2D eigenvalue weighted by Crippen LogP contribution is 2.28. The number of amides is 2. The van der Waals surface area contributed by atoms with Crippen molar-refractivity contribution in [1.29, 1.82) is 0 Å². The number of methoxy groups -OCH3 is 4. The Balaban J connectivity index is 1.74. The van der Waals surface area contributed by atoms with Crippen LogP contribution in [0.1, 0.15) is 20.9 Å². The number of benzene rings is 2. The van der Waals surface area contributed by atoms with E-state index in [2.05, 4.69) is 6.07 Å². The first kappa shape index (κ1) is 30.0. The van der Waals surface area contributed by atoms with Crippen LogP contribution in [-0.4, -0.2) is 76.3 Å². The Hall–Kier alpha value is -3.56. The molecular formula is C30H38N2O6S. The minimum absolute atomic E-state index is 0.0192. The Morgan fingerprint density at radius 2 is 1.49 bits per heavy atom. The second-order valence-corrected chi connectivity index (χ2v) is 10.5. The van der Waals surface area contributed by atoms with Crippen LogP contribution in [0.5, 0.6) is 17.2 Å². The third kappa shape index (κ3) is 9.01. The van der Waals surface area contributed by atoms with Gasteiger partial charge in [0, 0.05) is 30.0 Å². The van der Waals surface area contributed by atoms with Crippen molar-refractivity contribution in [2.45, 2.75) is 26.3 Å². The Morgan fingerprint density at radius 3 is 2.10 bits per heavy atom. The molecule has 39 heavy (non-hydrogen) atoms. The van der Waals surface area contributed by atoms with Crippen LogP contribution in [0.2, 0.25) is 0 Å². The molecule has 1 aromatic heterocycles. The van der Waals surface area contributed by atoms with Crippen LogP contribution in [-0.2, 0) is 33.7 Å². The second kappa shape index (κ2) is 15.1. The summed E-state index contributed by atoms with van der Waals surface area (Å²) in [6.45, 7) is 3.69. The molecule has 2 aromatic carbocycles. The van der Waals surface area contributed by atoms with Crippen molar-refractivity contribution >= 4 is 23.2 Å². The van der Waals surface area contributed by atoms with Gasteiger partial charge >= 0.3 is 0 Å². The third-order valence-electron chi connectivity index (χ3n) is 6.37. The Bertz CT molecular complexity index is 1210. The fraction of sp³-hybridized carbons (Fsp3) is 0.400. The summed E-state index contributed by atoms with van der Waals surface area (Å²) in [6, 6.07) is 17.3. The normalized spacial score (nSPS) is 10.7. The van der Waals surface area contributed by atoms with Gasteiger partial charge in [0.25, 0.3) is 0 Å². The third-order valence-corrected chi connectivity index (χ3v) is 7.36. The van der Waals surface area contributed by atoms with Gasteiger partial charge in [-0.2, -0.15) is 0 Å². The lowest BCUT2D eigenvalue weighted by molar-refractivity contribution is -0.141. The summed E-state index contributed by atoms with van der Waals surface area (Å²) in [7, 11) is 6.40. The van der Waals surface area contributed by atoms with E-state index in [0.29, 0.717) is 44.2 Å². The van der Waals surface area contributed by atoms with Gasteiger partial charge in [-0.15, -0.1) is 11.3 Å². The average Bonchev–Trinajstić information content (AvgIpc) is 3.37. The van der Waals surface area contributed by atoms with Gasteiger partial charge in [0.15, 0.2) is 11.5 Å². The smallest absolute Gasteiger partial charge is 0.242 e. The summed E-state index contributed by atoms with van der Waals surface area (Å²) in [6.07, 6.45) is 0.824. The van der Waals surface area contributed by atoms with Gasteiger partial charge in [0.1, 0.15) is 5.75 Å². The summed E-state index contributed by atoms with van der Waals surface area (Å²) in [5, 5.41) is 0. The highest BCUT2D eigenvalue weighted by Gasteiger charge is 2.22. The lowest BCUT2D eigenvalue weighted by Crippen LogP contribution is -2.45. The maximum absolute atomic E-state index is 13.6. The van der Waals surface area contributed by atoms with Crippen LogP contribution in [0.15, 0.2) is 54.6 Å². The molecule has 8 nitrogen and oxygen atoms in total. The molecule has 0 saturated carbocycles. The maximum atomic E-state index is 13.6. The quantitative estimate of drug-likeness (QED) is 0.278. The molecule has 0 bridgehead atoms. The molecular weight excluding hydrogens is 516 g/mol. The van der Waals surface area contributed by atoms with Crippen molar-refractivity contribution < 1.29 is 28.5 Å². The number of hydrogen-bond donors (Lipinski definition) is 0. The number of thiophene rings is 1. The minimum atomic E-state index is -0.127. The molecule has 0 aliphatic rings. The molecule has 3 aromatic rings. The predicted octanol–water partition coefficient (Wildman–Crippen LogP) is 4.37. The summed E-state index contributed by atoms with van der Waals surface area (Å²) in [5.41, 5.74) is 1.88. The first-order valence-electron chi connectivity index (χ1n) is 12.8. The van der Waals surface area contributed by atoms with E-state index in [1.807, 2.05) is 60.4 Å². The van der Waals surface area contributed by atoms with E-state index < -0.39 is 0 Å². The summed E-state index contributed by atoms with van der Waals surface area (Å²) in [4.78, 5) is 32.6. The zero-order valence-corrected chi connectivity index (χ0v) is 24.2. The summed E-state index contributed by atoms with van der Waals surface area (Å²) in [5.74, 6) is 1.80. The Labute approximate surface area is 235 Å². The molecule has 0 N–H and O–H groups in total. The zero-order valence-electron chi connectivity index (χ0n) is 23.4. The first-order valence-corrected chi connectivity index (χ1v) is 13.6. The zero-order chi connectivity index (χ0) is 28.2. The van der Waals surface area contributed by atoms with Gasteiger partial charge in [-0.25, -0.2) is 0 Å². The fourth-order valence-electron chi connectivity index (χ4n) is 4.14. The van der Waals surface area contributed by atoms with Crippen molar-refractivity contribution in [2.75, 3.05) is 54.7 Å². The van der Waals surface area contributed by atoms with Crippen LogP contribution in [0.25, 0.3) is 0 Å². The number of carbonyl (C=O) groups excluding carboxylic acids is 2. The molecule has 0 unspecified atom stereocenters. The topological polar surface area (TPSA) is 77.5 Å². The Morgan fingerprint density at radius 1 is 0.769 bits per heavy atom. The number of carbonyl (C=O) groups is 2. The van der Waals surface area contributed by atoms with Crippen LogP contribution in [0.4, 0.5) is 0 Å². The standard InChI is InChI=1S/C30H38N2O6S/c1-22-6-12-26(39-22)20-31(15-14-24-9-13-27(37-4)28(18-24)38-5)30(34)21-32(16-17-35-2)29(33)19-23-7-10-25(36-3)11-8-23/h6-13,18H,14-17,19-21H2,1-5H3. The van der Waals surface area contributed by atoms with Crippen molar-refractivity contribution in [1.82, 2.24) is 9.80 Å². The van der Waals surface area contributed by atoms with E-state index in [1.165, 1.54) is 4.88 Å². The van der Waals surface area contributed by atoms with Gasteiger partial charge in [-0.3, -0.25) is 9.59 Å². The van der Waals surface area contributed by atoms with Gasteiger partial charge in [0.2, 0.25) is 11.8 Å². The van der Waals surface area contributed by atoms with E-state index in [1.54, 1.807) is 44.7 Å². The highest BCUT2D eigenvalue weighted by atomic mass is 32.1. The van der Waals surface area contributed by atoms with E-state index in [-0.39, 0.29) is 24.8 Å². The number of rotatable bonds is 15. The van der Waals surface area contributed by atoms with Crippen molar-refractivity contribution in [3.63, 3.8) is 0 Å². The number of hydrogen-bond acceptors (Lipinski definition) is 7. The van der Waals surface area contributed by atoms with Crippen molar-refractivity contribution in [2.24, 2.45) is 0 Å². The van der Waals surface area contributed by atoms with Crippen LogP contribution in [0.3, 0.4) is 0 Å². The van der Waals surface area contributed by atoms with Crippen LogP contribution >= 0.6 is 11.3 Å². The van der Waals surface area contributed by atoms with Crippen LogP contribution in [0, 0.1) is 6.92 Å². The molecule has 0 spiro atoms. The molecule has 0 radical (unpaired) electrons. The summed E-state index contributed by atoms with van der Waals surface area (Å²) < 4.78 is 21.2. The molecule has 210 valence electrons. The molecule has 3 rings (SSSR count). The molecule has 9 heteroatoms. The van der Waals surface area contributed by atoms with E-state index in [0.717, 1.165) is 21.8 Å². The monoisotopic (exact) mass is 554 g/mol. The lowest BCUT2D eigenvalue weighted by atomic mass is 10.1. The molecule has 1 heterocycles. The average molecular weight is 555 g/mol. The van der Waals surface area contributed by atoms with Gasteiger partial charge in [0.05, 0.1) is 47.4 Å². The van der Waals surface area contributed by atoms with Crippen LogP contribution < -0.4 is 14.2 Å². The number of aryl methyl sites for hydroxylation is 1. The molecule has 2 amide bonds. The maximum Gasteiger partial charge on any atom is 0.242 e. The SMILES string of the molecule is COCCN(CC(=O)N(CCc1ccc(OC)c(OC)c1)Cc1ccc(C)s1)C(=O)Cc1ccc(OC)cc1. The molecule has 0 atom stereocenters. The number of ether oxygens (including phenoxy) is 4. The Kier molecular flexibility index (Phi) is 11.6. The van der Waals surface area contributed by atoms with E-state index in [9.17, 15) is 9.59 Å². The largest absolute Gasteiger partial charge is 0.497 e. The summed E-state index contributed by atoms with van der Waals surface area (Å²) >= 11 is 1.67. The van der Waals surface area contributed by atoms with Crippen molar-refractivity contribution in [3.05, 3.63) is 75.5 Å². The predicted molar refractivity (Wildman–Crippen MR) is 153 cm³/mol. The van der Waals surface area contributed by atoms with Gasteiger partial charge < -0.3 is 28.7 Å². The molecule has 0 aliphatic carbocycles. The fourth-order valence-corrected chi connectivity index (χ4v) is 5.04. The lowest BCUT2D eigenvalue weighted by Gasteiger charge is -2.28. The van der Waals surface area contributed by atoms with Gasteiger partial charge in [-0.05, 0) is 60.9 Å². The molecule has 0 aliphatic heterocycles. The minimum Gasteiger partial charge on any atom is -0.497 e. The number of nitrogens with zero attached hydrogens (tertiary/aromatic N) is 2. The molecule has 0 saturated heterocycles. The van der Waals surface area contributed by atoms with Gasteiger partial charge in [-0.1, -0.05) is 18.2 Å². The molecule has 0 fully saturated rings. The van der Waals surface area contributed by atoms with Crippen molar-refractivity contribution in [3.8, 4) is 17.2 Å². The first-order chi connectivity index (χ1) is 18.9. The second-order valence-electron chi connectivity index (χ2n) is 9.10. The van der Waals surface area contributed by atoms with E-state index in [4.69, 9.17) is 18.9 Å². The van der Waals surface area contributed by atoms with E-state index >= 15 is 0 Å².